The fourth-order valence-electron chi connectivity index (χ4n) is 1.86. The molecule has 0 atom stereocenters. The number of aromatic carboxylic acids is 1. The Hall–Kier alpha value is -1.47. The summed E-state index contributed by atoms with van der Waals surface area (Å²) in [6.45, 7) is 0.927. The van der Waals surface area contributed by atoms with Crippen molar-refractivity contribution in [2.45, 2.75) is 19.3 Å². The van der Waals surface area contributed by atoms with Crippen LogP contribution in [0.3, 0.4) is 0 Å². The number of hydrogen-bond acceptors (Lipinski definition) is 5. The van der Waals surface area contributed by atoms with E-state index in [2.05, 4.69) is 10.3 Å². The first-order chi connectivity index (χ1) is 9.07. The molecule has 1 aliphatic rings. The second kappa shape index (κ2) is 5.66. The lowest BCUT2D eigenvalue weighted by Gasteiger charge is -2.13. The van der Waals surface area contributed by atoms with Crippen LogP contribution in [0.5, 0.6) is 0 Å². The van der Waals surface area contributed by atoms with Crippen molar-refractivity contribution >= 4 is 23.2 Å². The smallest absolute Gasteiger partial charge is 0.355 e. The highest BCUT2D eigenvalue weighted by Crippen LogP contribution is 2.45. The van der Waals surface area contributed by atoms with Gasteiger partial charge in [0.1, 0.15) is 0 Å². The maximum Gasteiger partial charge on any atom is 0.355 e. The summed E-state index contributed by atoms with van der Waals surface area (Å²) in [6.07, 6.45) is 2.28. The number of nitrogens with zero attached hydrogens (tertiary/aromatic N) is 1. The number of hydrogen-bond donors (Lipinski definition) is 2. The van der Waals surface area contributed by atoms with Crippen LogP contribution in [0.25, 0.3) is 0 Å². The van der Waals surface area contributed by atoms with Crippen LogP contribution in [0.2, 0.25) is 0 Å². The fourth-order valence-corrected chi connectivity index (χ4v) is 2.63. The topological polar surface area (TPSA) is 88.5 Å². The van der Waals surface area contributed by atoms with Crippen LogP contribution in [0.1, 0.15) is 28.3 Å². The van der Waals surface area contributed by atoms with Gasteiger partial charge in [-0.15, -0.1) is 11.3 Å². The lowest BCUT2D eigenvalue weighted by molar-refractivity contribution is -0.128. The number of carbonyl (C=O) groups excluding carboxylic acids is 1. The molecule has 2 rings (SSSR count). The van der Waals surface area contributed by atoms with Gasteiger partial charge in [-0.05, 0) is 12.8 Å². The average Bonchev–Trinajstić information content (AvgIpc) is 3.00. The summed E-state index contributed by atoms with van der Waals surface area (Å²) in [4.78, 5) is 26.6. The van der Waals surface area contributed by atoms with E-state index in [0.717, 1.165) is 12.8 Å². The third-order valence-electron chi connectivity index (χ3n) is 3.15. The van der Waals surface area contributed by atoms with Crippen molar-refractivity contribution in [2.75, 3.05) is 20.3 Å². The maximum atomic E-state index is 11.9. The predicted molar refractivity (Wildman–Crippen MR) is 69.3 cm³/mol. The number of ether oxygens (including phenoxy) is 1. The van der Waals surface area contributed by atoms with Crippen LogP contribution >= 0.6 is 11.3 Å². The second-order valence-corrected chi connectivity index (χ2v) is 5.59. The van der Waals surface area contributed by atoms with E-state index in [1.165, 1.54) is 16.7 Å². The number of nitrogens with one attached hydrogen (secondary N) is 1. The van der Waals surface area contributed by atoms with Gasteiger partial charge in [0.25, 0.3) is 0 Å². The number of carboxylic acid groups (broad SMARTS) is 1. The Morgan fingerprint density at radius 1 is 1.58 bits per heavy atom. The molecule has 19 heavy (non-hydrogen) atoms. The van der Waals surface area contributed by atoms with Gasteiger partial charge < -0.3 is 15.2 Å². The molecule has 0 aliphatic heterocycles. The minimum atomic E-state index is -1.02. The van der Waals surface area contributed by atoms with Gasteiger partial charge in [0, 0.05) is 25.5 Å². The number of rotatable bonds is 7. The van der Waals surface area contributed by atoms with Crippen molar-refractivity contribution in [3.8, 4) is 0 Å². The van der Waals surface area contributed by atoms with Crippen molar-refractivity contribution in [3.63, 3.8) is 0 Å². The molecule has 6 nitrogen and oxygen atoms in total. The van der Waals surface area contributed by atoms with Gasteiger partial charge in [-0.1, -0.05) is 0 Å². The van der Waals surface area contributed by atoms with E-state index >= 15 is 0 Å². The standard InChI is InChI=1S/C12H16N2O4S/c1-18-7-12(3-4-12)11(17)13-5-2-9-14-8(6-19-9)10(15)16/h6H,2-5,7H2,1H3,(H,13,17)(H,15,16). The summed E-state index contributed by atoms with van der Waals surface area (Å²) in [6, 6.07) is 0. The van der Waals surface area contributed by atoms with Crippen LogP contribution in [0, 0.1) is 5.41 Å². The third-order valence-corrected chi connectivity index (χ3v) is 4.06. The quantitative estimate of drug-likeness (QED) is 0.777. The first kappa shape index (κ1) is 14.0. The predicted octanol–water partition coefficient (Wildman–Crippen LogP) is 0.927. The van der Waals surface area contributed by atoms with Gasteiger partial charge in [-0.2, -0.15) is 0 Å². The molecule has 0 saturated heterocycles. The molecule has 0 bridgehead atoms. The van der Waals surface area contributed by atoms with Crippen molar-refractivity contribution < 1.29 is 19.4 Å². The van der Waals surface area contributed by atoms with Crippen LogP contribution in [-0.4, -0.2) is 42.2 Å². The molecule has 0 radical (unpaired) electrons. The molecule has 1 aromatic heterocycles. The Bertz CT molecular complexity index is 482. The Labute approximate surface area is 114 Å². The highest BCUT2D eigenvalue weighted by atomic mass is 32.1. The van der Waals surface area contributed by atoms with Gasteiger partial charge in [0.2, 0.25) is 5.91 Å². The largest absolute Gasteiger partial charge is 0.476 e. The normalized spacial score (nSPS) is 16.1. The lowest BCUT2D eigenvalue weighted by Crippen LogP contribution is -2.35. The Morgan fingerprint density at radius 3 is 2.84 bits per heavy atom. The molecule has 0 unspecified atom stereocenters. The molecular formula is C12H16N2O4S. The summed E-state index contributed by atoms with van der Waals surface area (Å²) in [5.41, 5.74) is -0.270. The zero-order chi connectivity index (χ0) is 13.9. The summed E-state index contributed by atoms with van der Waals surface area (Å²) in [5, 5.41) is 13.8. The zero-order valence-electron chi connectivity index (χ0n) is 10.6. The molecule has 7 heteroatoms. The number of aromatic nitrogens is 1. The van der Waals surface area contributed by atoms with E-state index in [0.29, 0.717) is 24.6 Å². The molecule has 1 fully saturated rings. The first-order valence-electron chi connectivity index (χ1n) is 6.02. The lowest BCUT2D eigenvalue weighted by atomic mass is 10.1. The number of thiazole rings is 1. The minimum absolute atomic E-state index is 0.0179. The van der Waals surface area contributed by atoms with Crippen LogP contribution in [0.4, 0.5) is 0 Å². The number of carboxylic acids is 1. The molecule has 0 spiro atoms. The molecule has 1 saturated carbocycles. The third kappa shape index (κ3) is 3.30. The molecule has 104 valence electrons. The monoisotopic (exact) mass is 284 g/mol. The Balaban J connectivity index is 1.77. The number of methoxy groups -OCH3 is 1. The van der Waals surface area contributed by atoms with Gasteiger partial charge >= 0.3 is 5.97 Å². The first-order valence-corrected chi connectivity index (χ1v) is 6.90. The van der Waals surface area contributed by atoms with Crippen molar-refractivity contribution in [1.29, 1.82) is 0 Å². The van der Waals surface area contributed by atoms with Crippen LogP contribution in [-0.2, 0) is 16.0 Å². The summed E-state index contributed by atoms with van der Waals surface area (Å²) < 4.78 is 5.05. The maximum absolute atomic E-state index is 11.9. The van der Waals surface area contributed by atoms with E-state index in [9.17, 15) is 9.59 Å². The minimum Gasteiger partial charge on any atom is -0.476 e. The van der Waals surface area contributed by atoms with E-state index in [-0.39, 0.29) is 17.0 Å². The van der Waals surface area contributed by atoms with Gasteiger partial charge in [0.05, 0.1) is 17.0 Å². The second-order valence-electron chi connectivity index (χ2n) is 4.65. The molecular weight excluding hydrogens is 268 g/mol. The molecule has 2 N–H and O–H groups in total. The zero-order valence-corrected chi connectivity index (χ0v) is 11.5. The Kier molecular flexibility index (Phi) is 4.16. The molecule has 1 heterocycles. The molecule has 1 amide bonds. The average molecular weight is 284 g/mol. The van der Waals surface area contributed by atoms with Crippen LogP contribution < -0.4 is 5.32 Å². The molecule has 0 aromatic carbocycles. The van der Waals surface area contributed by atoms with E-state index < -0.39 is 5.97 Å². The Morgan fingerprint density at radius 2 is 2.32 bits per heavy atom. The number of amides is 1. The summed E-state index contributed by atoms with van der Waals surface area (Å²) in [7, 11) is 1.59. The van der Waals surface area contributed by atoms with Gasteiger partial charge in [-0.3, -0.25) is 4.79 Å². The highest BCUT2D eigenvalue weighted by Gasteiger charge is 2.49. The van der Waals surface area contributed by atoms with E-state index in [1.807, 2.05) is 0 Å². The van der Waals surface area contributed by atoms with Crippen molar-refractivity contribution in [1.82, 2.24) is 10.3 Å². The van der Waals surface area contributed by atoms with E-state index in [1.54, 1.807) is 7.11 Å². The summed E-state index contributed by atoms with van der Waals surface area (Å²) in [5.74, 6) is -1.01. The van der Waals surface area contributed by atoms with Crippen LogP contribution in [0.15, 0.2) is 5.38 Å². The SMILES string of the molecule is COCC1(C(=O)NCCc2nc(C(=O)O)cs2)CC1. The molecule has 1 aliphatic carbocycles. The van der Waals surface area contributed by atoms with Crippen molar-refractivity contribution in [3.05, 3.63) is 16.1 Å². The molecule has 1 aromatic rings. The van der Waals surface area contributed by atoms with Gasteiger partial charge in [0.15, 0.2) is 5.69 Å². The fraction of sp³-hybridized carbons (Fsp3) is 0.583. The summed E-state index contributed by atoms with van der Waals surface area (Å²) >= 11 is 1.29. The van der Waals surface area contributed by atoms with E-state index in [4.69, 9.17) is 9.84 Å². The van der Waals surface area contributed by atoms with Gasteiger partial charge in [-0.25, -0.2) is 9.78 Å². The number of carbonyl (C=O) groups is 2. The van der Waals surface area contributed by atoms with Crippen molar-refractivity contribution in [2.24, 2.45) is 5.41 Å². The highest BCUT2D eigenvalue weighted by molar-refractivity contribution is 7.09.